The van der Waals surface area contributed by atoms with Crippen LogP contribution in [0.15, 0.2) is 18.2 Å². The molecule has 1 atom stereocenters. The third kappa shape index (κ3) is 5.58. The van der Waals surface area contributed by atoms with Crippen LogP contribution < -0.4 is 4.90 Å². The normalized spacial score (nSPS) is 23.1. The lowest BCUT2D eigenvalue weighted by molar-refractivity contribution is -0.137. The lowest BCUT2D eigenvalue weighted by Gasteiger charge is -2.33. The van der Waals surface area contributed by atoms with Gasteiger partial charge in [-0.2, -0.15) is 13.2 Å². The van der Waals surface area contributed by atoms with Crippen molar-refractivity contribution in [2.24, 2.45) is 5.41 Å². The zero-order valence-electron chi connectivity index (χ0n) is 19.0. The van der Waals surface area contributed by atoms with Gasteiger partial charge in [-0.1, -0.05) is 11.6 Å². The molecule has 1 aliphatic carbocycles. The minimum Gasteiger partial charge on any atom is -0.366 e. The zero-order valence-corrected chi connectivity index (χ0v) is 19.7. The number of amides is 2. The van der Waals surface area contributed by atoms with Gasteiger partial charge in [0.05, 0.1) is 10.6 Å². The fraction of sp³-hybridized carbons (Fsp3) is 0.667. The van der Waals surface area contributed by atoms with E-state index in [1.54, 1.807) is 4.90 Å². The average Bonchev–Trinajstić information content (AvgIpc) is 3.52. The number of carbonyl (C=O) groups is 2. The first-order chi connectivity index (χ1) is 15.6. The predicted octanol–water partition coefficient (Wildman–Crippen LogP) is 4.97. The van der Waals surface area contributed by atoms with Crippen molar-refractivity contribution in [1.29, 1.82) is 0 Å². The Morgan fingerprint density at radius 1 is 1.15 bits per heavy atom. The van der Waals surface area contributed by atoms with E-state index in [9.17, 15) is 22.8 Å². The molecule has 4 rings (SSSR count). The van der Waals surface area contributed by atoms with Crippen LogP contribution in [-0.2, 0) is 15.8 Å². The third-order valence-corrected chi connectivity index (χ3v) is 7.79. The Balaban J connectivity index is 1.30. The quantitative estimate of drug-likeness (QED) is 0.591. The molecule has 0 unspecified atom stereocenters. The molecule has 0 bridgehead atoms. The van der Waals surface area contributed by atoms with E-state index in [4.69, 9.17) is 11.6 Å². The molecular weight excluding hydrogens is 455 g/mol. The summed E-state index contributed by atoms with van der Waals surface area (Å²) < 4.78 is 39.1. The molecule has 5 nitrogen and oxygen atoms in total. The lowest BCUT2D eigenvalue weighted by Crippen LogP contribution is -2.41. The van der Waals surface area contributed by atoms with Crippen molar-refractivity contribution in [1.82, 2.24) is 9.80 Å². The highest BCUT2D eigenvalue weighted by atomic mass is 35.5. The van der Waals surface area contributed by atoms with Crippen molar-refractivity contribution < 1.29 is 22.8 Å². The summed E-state index contributed by atoms with van der Waals surface area (Å²) in [5.74, 6) is 0.172. The number of anilines is 1. The first kappa shape index (κ1) is 24.2. The number of piperidine rings is 1. The first-order valence-corrected chi connectivity index (χ1v) is 12.1. The predicted molar refractivity (Wildman–Crippen MR) is 121 cm³/mol. The van der Waals surface area contributed by atoms with Crippen LogP contribution in [0.4, 0.5) is 18.9 Å². The average molecular weight is 486 g/mol. The van der Waals surface area contributed by atoms with Gasteiger partial charge in [-0.25, -0.2) is 0 Å². The summed E-state index contributed by atoms with van der Waals surface area (Å²) in [5.41, 5.74) is 0.247. The number of hydrogen-bond acceptors (Lipinski definition) is 3. The van der Waals surface area contributed by atoms with E-state index in [2.05, 4.69) is 0 Å². The highest BCUT2D eigenvalue weighted by Crippen LogP contribution is 2.53. The number of alkyl halides is 3. The van der Waals surface area contributed by atoms with Gasteiger partial charge in [0, 0.05) is 57.3 Å². The third-order valence-electron chi connectivity index (χ3n) is 7.48. The number of nitrogens with zero attached hydrogens (tertiary/aromatic N) is 3. The van der Waals surface area contributed by atoms with Crippen LogP contribution in [-0.4, -0.2) is 60.4 Å². The van der Waals surface area contributed by atoms with Gasteiger partial charge in [0.15, 0.2) is 0 Å². The number of carbonyl (C=O) groups excluding carboxylic acids is 2. The Hall–Kier alpha value is -1.96. The minimum absolute atomic E-state index is 0.00320. The van der Waals surface area contributed by atoms with E-state index in [0.29, 0.717) is 43.6 Å². The largest absolute Gasteiger partial charge is 0.417 e. The van der Waals surface area contributed by atoms with Crippen LogP contribution in [0.2, 0.25) is 5.02 Å². The Morgan fingerprint density at radius 3 is 2.45 bits per heavy atom. The molecule has 2 saturated heterocycles. The molecule has 0 aromatic heterocycles. The van der Waals surface area contributed by atoms with Gasteiger partial charge in [-0.15, -0.1) is 0 Å². The first-order valence-electron chi connectivity index (χ1n) is 11.8. The van der Waals surface area contributed by atoms with Crippen molar-refractivity contribution in [2.75, 3.05) is 37.6 Å². The van der Waals surface area contributed by atoms with Crippen molar-refractivity contribution >= 4 is 29.1 Å². The van der Waals surface area contributed by atoms with E-state index >= 15 is 0 Å². The van der Waals surface area contributed by atoms with Gasteiger partial charge < -0.3 is 14.7 Å². The second-order valence-electron chi connectivity index (χ2n) is 9.78. The molecule has 2 amide bonds. The van der Waals surface area contributed by atoms with Crippen LogP contribution in [0.3, 0.4) is 0 Å². The van der Waals surface area contributed by atoms with Gasteiger partial charge in [-0.05, 0) is 62.6 Å². The van der Waals surface area contributed by atoms with Gasteiger partial charge in [0.2, 0.25) is 11.8 Å². The molecule has 182 valence electrons. The maximum atomic E-state index is 13.0. The topological polar surface area (TPSA) is 43.9 Å². The van der Waals surface area contributed by atoms with Gasteiger partial charge >= 0.3 is 6.18 Å². The van der Waals surface area contributed by atoms with Crippen molar-refractivity contribution in [3.05, 3.63) is 28.8 Å². The molecule has 1 spiro atoms. The molecule has 9 heteroatoms. The number of benzene rings is 1. The smallest absolute Gasteiger partial charge is 0.366 e. The summed E-state index contributed by atoms with van der Waals surface area (Å²) in [6, 6.07) is 3.64. The van der Waals surface area contributed by atoms with E-state index in [0.717, 1.165) is 32.0 Å². The fourth-order valence-electron chi connectivity index (χ4n) is 5.11. The summed E-state index contributed by atoms with van der Waals surface area (Å²) >= 11 is 5.90. The highest BCUT2D eigenvalue weighted by Gasteiger charge is 2.45. The van der Waals surface area contributed by atoms with Gasteiger partial charge in [0.25, 0.3) is 0 Å². The van der Waals surface area contributed by atoms with E-state index in [1.165, 1.54) is 25.0 Å². The van der Waals surface area contributed by atoms with Crippen LogP contribution in [0.1, 0.15) is 57.4 Å². The second-order valence-corrected chi connectivity index (χ2v) is 10.2. The summed E-state index contributed by atoms with van der Waals surface area (Å²) in [7, 11) is 0. The van der Waals surface area contributed by atoms with Crippen molar-refractivity contribution in [3.63, 3.8) is 0 Å². The molecule has 1 saturated carbocycles. The number of hydrogen-bond donors (Lipinski definition) is 0. The van der Waals surface area contributed by atoms with E-state index < -0.39 is 11.7 Å². The molecule has 2 aliphatic heterocycles. The minimum atomic E-state index is -4.50. The van der Waals surface area contributed by atoms with E-state index in [1.807, 2.05) is 16.7 Å². The second kappa shape index (κ2) is 9.35. The zero-order chi connectivity index (χ0) is 23.8. The summed E-state index contributed by atoms with van der Waals surface area (Å²) in [5, 5.41) is -0.344. The summed E-state index contributed by atoms with van der Waals surface area (Å²) in [6.07, 6.45) is 1.66. The maximum Gasteiger partial charge on any atom is 0.417 e. The standard InChI is InChI=1S/C24H31ClF3N3O2/c1-17-16-30(11-2-3-21(32)29-13-9-23(7-8-23)10-14-29)22(33)6-12-31(17)18-4-5-19(20(25)15-18)24(26,27)28/h4-5,15,17H,2-3,6-14,16H2,1H3/t17-/m1/s1. The molecule has 2 heterocycles. The van der Waals surface area contributed by atoms with Crippen LogP contribution >= 0.6 is 11.6 Å². The Bertz CT molecular complexity index is 893. The van der Waals surface area contributed by atoms with E-state index in [-0.39, 0.29) is 29.3 Å². The van der Waals surface area contributed by atoms with Crippen LogP contribution in [0, 0.1) is 5.41 Å². The van der Waals surface area contributed by atoms with Gasteiger partial charge in [0.1, 0.15) is 0 Å². The number of likely N-dealkylation sites (tertiary alicyclic amines) is 1. The number of rotatable bonds is 5. The molecule has 3 aliphatic rings. The molecule has 0 radical (unpaired) electrons. The van der Waals surface area contributed by atoms with Gasteiger partial charge in [-0.3, -0.25) is 9.59 Å². The Kier molecular flexibility index (Phi) is 6.85. The maximum absolute atomic E-state index is 13.0. The summed E-state index contributed by atoms with van der Waals surface area (Å²) in [4.78, 5) is 30.9. The highest BCUT2D eigenvalue weighted by molar-refractivity contribution is 6.31. The summed E-state index contributed by atoms with van der Waals surface area (Å²) in [6.45, 7) is 5.02. The van der Waals surface area contributed by atoms with Crippen LogP contribution in [0.5, 0.6) is 0 Å². The fourth-order valence-corrected chi connectivity index (χ4v) is 5.39. The molecule has 3 fully saturated rings. The molecule has 1 aromatic carbocycles. The van der Waals surface area contributed by atoms with Crippen molar-refractivity contribution in [3.8, 4) is 0 Å². The lowest BCUT2D eigenvalue weighted by atomic mass is 9.93. The number of halogens is 4. The molecule has 1 aromatic rings. The van der Waals surface area contributed by atoms with Crippen LogP contribution in [0.25, 0.3) is 0 Å². The monoisotopic (exact) mass is 485 g/mol. The molecule has 0 N–H and O–H groups in total. The SMILES string of the molecule is C[C@@H]1CN(CCCC(=O)N2CCC3(CC2)CC3)C(=O)CCN1c1ccc(C(F)(F)F)c(Cl)c1. The molecular formula is C24H31ClF3N3O2. The van der Waals surface area contributed by atoms with Crippen molar-refractivity contribution in [2.45, 2.75) is 64.1 Å². The molecule has 33 heavy (non-hydrogen) atoms. The Labute approximate surface area is 197 Å². The Morgan fingerprint density at radius 2 is 1.85 bits per heavy atom.